The zero-order chi connectivity index (χ0) is 13.9. The standard InChI is InChI=1S/C16H20N2O2/c1-11-6-2-3-7-12(11)10-15-17-16(20-18-15)13-8-4-5-9-14(13)19/h2-3,6-7,13-14,19H,4-5,8-10H2,1H3. The molecule has 1 saturated carbocycles. The lowest BCUT2D eigenvalue weighted by atomic mass is 9.86. The van der Waals surface area contributed by atoms with Gasteiger partial charge in [0.05, 0.1) is 12.0 Å². The quantitative estimate of drug-likeness (QED) is 0.933. The molecule has 1 N–H and O–H groups in total. The van der Waals surface area contributed by atoms with Gasteiger partial charge in [-0.3, -0.25) is 0 Å². The van der Waals surface area contributed by atoms with E-state index in [1.54, 1.807) is 0 Å². The topological polar surface area (TPSA) is 59.2 Å². The first-order valence-corrected chi connectivity index (χ1v) is 7.29. The summed E-state index contributed by atoms with van der Waals surface area (Å²) in [4.78, 5) is 4.48. The summed E-state index contributed by atoms with van der Waals surface area (Å²) in [7, 11) is 0. The van der Waals surface area contributed by atoms with Crippen LogP contribution in [0.15, 0.2) is 28.8 Å². The van der Waals surface area contributed by atoms with Crippen LogP contribution < -0.4 is 0 Å². The van der Waals surface area contributed by atoms with Gasteiger partial charge in [-0.05, 0) is 30.9 Å². The highest BCUT2D eigenvalue weighted by molar-refractivity contribution is 5.28. The van der Waals surface area contributed by atoms with Gasteiger partial charge in [0.1, 0.15) is 0 Å². The third kappa shape index (κ3) is 2.75. The molecule has 4 heteroatoms. The van der Waals surface area contributed by atoms with Gasteiger partial charge in [0.15, 0.2) is 5.82 Å². The molecule has 0 spiro atoms. The lowest BCUT2D eigenvalue weighted by Crippen LogP contribution is -2.22. The van der Waals surface area contributed by atoms with E-state index in [0.29, 0.717) is 18.1 Å². The van der Waals surface area contributed by atoms with Crippen LogP contribution in [0.4, 0.5) is 0 Å². The van der Waals surface area contributed by atoms with E-state index in [-0.39, 0.29) is 12.0 Å². The van der Waals surface area contributed by atoms with Gasteiger partial charge in [-0.2, -0.15) is 4.98 Å². The van der Waals surface area contributed by atoms with Crippen LogP contribution in [0.5, 0.6) is 0 Å². The third-order valence-electron chi connectivity index (χ3n) is 4.14. The Morgan fingerprint density at radius 3 is 2.85 bits per heavy atom. The number of hydrogen-bond donors (Lipinski definition) is 1. The average molecular weight is 272 g/mol. The van der Waals surface area contributed by atoms with Crippen LogP contribution in [0.25, 0.3) is 0 Å². The van der Waals surface area contributed by atoms with E-state index < -0.39 is 0 Å². The minimum Gasteiger partial charge on any atom is -0.392 e. The first kappa shape index (κ1) is 13.3. The maximum Gasteiger partial charge on any atom is 0.232 e. The number of aliphatic hydroxyl groups is 1. The molecule has 1 aromatic carbocycles. The molecule has 1 aromatic heterocycles. The van der Waals surface area contributed by atoms with Crippen LogP contribution >= 0.6 is 0 Å². The number of aliphatic hydroxyl groups excluding tert-OH is 1. The average Bonchev–Trinajstić information content (AvgIpc) is 2.90. The van der Waals surface area contributed by atoms with Crippen molar-refractivity contribution in [1.82, 2.24) is 10.1 Å². The van der Waals surface area contributed by atoms with Crippen LogP contribution in [0.1, 0.15) is 54.4 Å². The van der Waals surface area contributed by atoms with Crippen molar-refractivity contribution in [2.24, 2.45) is 0 Å². The maximum atomic E-state index is 10.0. The minimum absolute atomic E-state index is 0.0156. The van der Waals surface area contributed by atoms with Gasteiger partial charge in [0.25, 0.3) is 0 Å². The Labute approximate surface area is 118 Å². The maximum absolute atomic E-state index is 10.0. The fourth-order valence-corrected chi connectivity index (χ4v) is 2.87. The smallest absolute Gasteiger partial charge is 0.232 e. The fourth-order valence-electron chi connectivity index (χ4n) is 2.87. The summed E-state index contributed by atoms with van der Waals surface area (Å²) < 4.78 is 5.37. The largest absolute Gasteiger partial charge is 0.392 e. The van der Waals surface area contributed by atoms with Gasteiger partial charge in [-0.15, -0.1) is 0 Å². The number of hydrogen-bond acceptors (Lipinski definition) is 4. The van der Waals surface area contributed by atoms with Gasteiger partial charge < -0.3 is 9.63 Å². The summed E-state index contributed by atoms with van der Waals surface area (Å²) in [6.07, 6.45) is 4.32. The Morgan fingerprint density at radius 1 is 1.25 bits per heavy atom. The van der Waals surface area contributed by atoms with Crippen molar-refractivity contribution in [3.8, 4) is 0 Å². The number of rotatable bonds is 3. The van der Waals surface area contributed by atoms with E-state index in [1.165, 1.54) is 11.1 Å². The molecule has 106 valence electrons. The summed E-state index contributed by atoms with van der Waals surface area (Å²) in [5.74, 6) is 1.31. The lowest BCUT2D eigenvalue weighted by Gasteiger charge is -2.24. The van der Waals surface area contributed by atoms with Gasteiger partial charge in [0.2, 0.25) is 5.89 Å². The Kier molecular flexibility index (Phi) is 3.83. The molecule has 0 aliphatic heterocycles. The number of benzene rings is 1. The molecule has 0 bridgehead atoms. The van der Waals surface area contributed by atoms with Crippen molar-refractivity contribution in [2.45, 2.75) is 51.0 Å². The molecule has 1 aliphatic carbocycles. The molecule has 2 aromatic rings. The van der Waals surface area contributed by atoms with Crippen LogP contribution in [0, 0.1) is 6.92 Å². The molecule has 2 atom stereocenters. The summed E-state index contributed by atoms with van der Waals surface area (Å²) in [6, 6.07) is 8.22. The summed E-state index contributed by atoms with van der Waals surface area (Å²) in [6.45, 7) is 2.08. The molecule has 20 heavy (non-hydrogen) atoms. The Bertz CT molecular complexity index is 579. The summed E-state index contributed by atoms with van der Waals surface area (Å²) in [5, 5.41) is 14.1. The van der Waals surface area contributed by atoms with E-state index in [1.807, 2.05) is 12.1 Å². The Balaban J connectivity index is 1.75. The molecule has 0 saturated heterocycles. The van der Waals surface area contributed by atoms with E-state index >= 15 is 0 Å². The second-order valence-electron chi connectivity index (χ2n) is 5.61. The highest BCUT2D eigenvalue weighted by Gasteiger charge is 2.29. The molecule has 4 nitrogen and oxygen atoms in total. The monoisotopic (exact) mass is 272 g/mol. The molecule has 1 aliphatic rings. The number of nitrogens with zero attached hydrogens (tertiary/aromatic N) is 2. The predicted molar refractivity (Wildman–Crippen MR) is 75.5 cm³/mol. The molecule has 1 heterocycles. The highest BCUT2D eigenvalue weighted by Crippen LogP contribution is 2.32. The molecule has 3 rings (SSSR count). The second kappa shape index (κ2) is 5.75. The number of aryl methyl sites for hydroxylation is 1. The normalized spacial score (nSPS) is 22.9. The van der Waals surface area contributed by atoms with Crippen molar-refractivity contribution in [1.29, 1.82) is 0 Å². The van der Waals surface area contributed by atoms with E-state index in [4.69, 9.17) is 4.52 Å². The fraction of sp³-hybridized carbons (Fsp3) is 0.500. The minimum atomic E-state index is -0.337. The van der Waals surface area contributed by atoms with Crippen molar-refractivity contribution in [3.63, 3.8) is 0 Å². The zero-order valence-electron chi connectivity index (χ0n) is 11.7. The summed E-state index contributed by atoms with van der Waals surface area (Å²) >= 11 is 0. The van der Waals surface area contributed by atoms with Crippen molar-refractivity contribution >= 4 is 0 Å². The van der Waals surface area contributed by atoms with Gasteiger partial charge in [-0.1, -0.05) is 42.3 Å². The van der Waals surface area contributed by atoms with E-state index in [0.717, 1.165) is 25.7 Å². The van der Waals surface area contributed by atoms with Crippen LogP contribution in [0.3, 0.4) is 0 Å². The van der Waals surface area contributed by atoms with Crippen LogP contribution in [-0.4, -0.2) is 21.4 Å². The first-order chi connectivity index (χ1) is 9.74. The van der Waals surface area contributed by atoms with E-state index in [2.05, 4.69) is 29.2 Å². The molecule has 0 radical (unpaired) electrons. The highest BCUT2D eigenvalue weighted by atomic mass is 16.5. The van der Waals surface area contributed by atoms with Crippen molar-refractivity contribution in [2.75, 3.05) is 0 Å². The Hall–Kier alpha value is -1.68. The Morgan fingerprint density at radius 2 is 2.05 bits per heavy atom. The van der Waals surface area contributed by atoms with Crippen molar-refractivity contribution < 1.29 is 9.63 Å². The molecule has 2 unspecified atom stereocenters. The van der Waals surface area contributed by atoms with E-state index in [9.17, 15) is 5.11 Å². The second-order valence-corrected chi connectivity index (χ2v) is 5.61. The predicted octanol–water partition coefficient (Wildman–Crippen LogP) is 2.99. The van der Waals surface area contributed by atoms with Gasteiger partial charge >= 0.3 is 0 Å². The third-order valence-corrected chi connectivity index (χ3v) is 4.14. The molecule has 0 amide bonds. The zero-order valence-corrected chi connectivity index (χ0v) is 11.7. The first-order valence-electron chi connectivity index (χ1n) is 7.29. The molecular weight excluding hydrogens is 252 g/mol. The number of aromatic nitrogens is 2. The lowest BCUT2D eigenvalue weighted by molar-refractivity contribution is 0.0908. The molecule has 1 fully saturated rings. The van der Waals surface area contributed by atoms with Gasteiger partial charge in [-0.25, -0.2) is 0 Å². The van der Waals surface area contributed by atoms with Crippen LogP contribution in [0.2, 0.25) is 0 Å². The van der Waals surface area contributed by atoms with Crippen LogP contribution in [-0.2, 0) is 6.42 Å². The SMILES string of the molecule is Cc1ccccc1Cc1noc(C2CCCCC2O)n1. The van der Waals surface area contributed by atoms with Crippen molar-refractivity contribution in [3.05, 3.63) is 47.1 Å². The van der Waals surface area contributed by atoms with Gasteiger partial charge in [0, 0.05) is 6.42 Å². The molecular formula is C16H20N2O2. The summed E-state index contributed by atoms with van der Waals surface area (Å²) in [5.41, 5.74) is 2.44.